The van der Waals surface area contributed by atoms with Crippen LogP contribution in [0.15, 0.2) is 42.5 Å². The normalized spacial score (nSPS) is 11.5. The van der Waals surface area contributed by atoms with E-state index in [2.05, 4.69) is 5.32 Å². The number of nitro groups is 1. The summed E-state index contributed by atoms with van der Waals surface area (Å²) in [6.45, 7) is 0. The summed E-state index contributed by atoms with van der Waals surface area (Å²) in [5.74, 6) is -1.30. The van der Waals surface area contributed by atoms with Gasteiger partial charge in [-0.1, -0.05) is 35.3 Å². The van der Waals surface area contributed by atoms with Gasteiger partial charge in [-0.2, -0.15) is 0 Å². The number of esters is 1. The van der Waals surface area contributed by atoms with Gasteiger partial charge in [-0.25, -0.2) is 4.79 Å². The maximum absolute atomic E-state index is 12.4. The predicted octanol–water partition coefficient (Wildman–Crippen LogP) is 3.42. The summed E-state index contributed by atoms with van der Waals surface area (Å²) >= 11 is 11.9. The first-order valence-corrected chi connectivity index (χ1v) is 8.14. The number of halogens is 2. The lowest BCUT2D eigenvalue weighted by Gasteiger charge is -2.17. The predicted molar refractivity (Wildman–Crippen MR) is 96.5 cm³/mol. The largest absolute Gasteiger partial charge is 0.467 e. The number of carbonyl (C=O) groups excluding carboxylic acids is 2. The molecule has 0 bridgehead atoms. The number of benzene rings is 2. The molecule has 26 heavy (non-hydrogen) atoms. The number of nitrogens with zero attached hydrogens (tertiary/aromatic N) is 1. The van der Waals surface area contributed by atoms with Crippen LogP contribution in [0.5, 0.6) is 0 Å². The van der Waals surface area contributed by atoms with Crippen LogP contribution in [0.1, 0.15) is 15.9 Å². The molecule has 0 aromatic heterocycles. The van der Waals surface area contributed by atoms with Crippen molar-refractivity contribution in [2.24, 2.45) is 0 Å². The number of non-ortho nitro benzene ring substituents is 1. The zero-order valence-corrected chi connectivity index (χ0v) is 15.1. The highest BCUT2D eigenvalue weighted by atomic mass is 35.5. The minimum atomic E-state index is -1.05. The van der Waals surface area contributed by atoms with E-state index in [-0.39, 0.29) is 22.7 Å². The summed E-state index contributed by atoms with van der Waals surface area (Å²) in [6.07, 6.45) is 0.0122. The van der Waals surface area contributed by atoms with Gasteiger partial charge in [0, 0.05) is 23.6 Å². The lowest BCUT2D eigenvalue weighted by molar-refractivity contribution is -0.384. The lowest BCUT2D eigenvalue weighted by atomic mass is 10.0. The Kier molecular flexibility index (Phi) is 6.54. The van der Waals surface area contributed by atoms with E-state index < -0.39 is 22.8 Å². The van der Waals surface area contributed by atoms with E-state index in [1.807, 2.05) is 0 Å². The van der Waals surface area contributed by atoms with Crippen molar-refractivity contribution >= 4 is 40.8 Å². The first-order chi connectivity index (χ1) is 12.3. The van der Waals surface area contributed by atoms with Crippen LogP contribution in [0.25, 0.3) is 0 Å². The Morgan fingerprint density at radius 3 is 2.62 bits per heavy atom. The highest BCUT2D eigenvalue weighted by molar-refractivity contribution is 6.35. The monoisotopic (exact) mass is 396 g/mol. The fourth-order valence-electron chi connectivity index (χ4n) is 2.28. The van der Waals surface area contributed by atoms with E-state index >= 15 is 0 Å². The lowest BCUT2D eigenvalue weighted by Crippen LogP contribution is -2.43. The van der Waals surface area contributed by atoms with Gasteiger partial charge in [-0.15, -0.1) is 0 Å². The minimum absolute atomic E-state index is 0.0122. The molecule has 0 saturated heterocycles. The number of nitrogens with one attached hydrogen (secondary N) is 1. The van der Waals surface area contributed by atoms with Gasteiger partial charge in [-0.05, 0) is 23.8 Å². The number of carbonyl (C=O) groups is 2. The number of hydrogen-bond acceptors (Lipinski definition) is 5. The van der Waals surface area contributed by atoms with Crippen molar-refractivity contribution in [2.45, 2.75) is 12.5 Å². The van der Waals surface area contributed by atoms with Crippen molar-refractivity contribution in [3.8, 4) is 0 Å². The highest BCUT2D eigenvalue weighted by Gasteiger charge is 2.24. The zero-order chi connectivity index (χ0) is 19.3. The first-order valence-electron chi connectivity index (χ1n) is 7.39. The van der Waals surface area contributed by atoms with E-state index in [1.54, 1.807) is 6.07 Å². The Labute approximate surface area is 159 Å². The third-order valence-corrected chi connectivity index (χ3v) is 4.09. The van der Waals surface area contributed by atoms with Crippen LogP contribution in [0, 0.1) is 10.1 Å². The van der Waals surface area contributed by atoms with Crippen LogP contribution in [0.2, 0.25) is 10.0 Å². The van der Waals surface area contributed by atoms with Crippen molar-refractivity contribution in [3.63, 3.8) is 0 Å². The van der Waals surface area contributed by atoms with Crippen LogP contribution in [0.4, 0.5) is 5.69 Å². The van der Waals surface area contributed by atoms with E-state index in [4.69, 9.17) is 27.9 Å². The SMILES string of the molecule is COC(=O)C(Cc1cccc([N+](=O)[O-])c1)NC(=O)c1cc(Cl)ccc1Cl. The number of nitro benzene ring substituents is 1. The first kappa shape index (κ1) is 19.7. The molecule has 0 heterocycles. The van der Waals surface area contributed by atoms with Crippen LogP contribution in [-0.4, -0.2) is 30.0 Å². The Hall–Kier alpha value is -2.64. The van der Waals surface area contributed by atoms with Gasteiger partial charge in [-0.3, -0.25) is 14.9 Å². The number of rotatable bonds is 6. The molecule has 7 nitrogen and oxygen atoms in total. The Morgan fingerprint density at radius 1 is 1.23 bits per heavy atom. The molecule has 0 aliphatic rings. The molecule has 9 heteroatoms. The molecule has 0 spiro atoms. The Bertz CT molecular complexity index is 857. The molecule has 0 aliphatic heterocycles. The third kappa shape index (κ3) is 4.93. The van der Waals surface area contributed by atoms with Gasteiger partial charge in [0.1, 0.15) is 6.04 Å². The topological polar surface area (TPSA) is 98.5 Å². The van der Waals surface area contributed by atoms with Gasteiger partial charge >= 0.3 is 5.97 Å². The Balaban J connectivity index is 2.24. The van der Waals surface area contributed by atoms with Crippen LogP contribution < -0.4 is 5.32 Å². The van der Waals surface area contributed by atoms with Gasteiger partial charge in [0.15, 0.2) is 0 Å². The summed E-state index contributed by atoms with van der Waals surface area (Å²) in [6, 6.07) is 9.09. The fraction of sp³-hybridized carbons (Fsp3) is 0.176. The second-order valence-electron chi connectivity index (χ2n) is 5.30. The molecule has 1 amide bonds. The molecule has 0 radical (unpaired) electrons. The number of methoxy groups -OCH3 is 1. The van der Waals surface area contributed by atoms with Crippen LogP contribution in [0.3, 0.4) is 0 Å². The maximum atomic E-state index is 12.4. The maximum Gasteiger partial charge on any atom is 0.328 e. The summed E-state index contributed by atoms with van der Waals surface area (Å²) in [4.78, 5) is 34.8. The van der Waals surface area contributed by atoms with Crippen LogP contribution in [-0.2, 0) is 16.0 Å². The number of amides is 1. The highest BCUT2D eigenvalue weighted by Crippen LogP contribution is 2.21. The summed E-state index contributed by atoms with van der Waals surface area (Å²) < 4.78 is 4.71. The molecule has 136 valence electrons. The van der Waals surface area contributed by atoms with Crippen molar-refractivity contribution in [1.82, 2.24) is 5.32 Å². The standard InChI is InChI=1S/C17H14Cl2N2O5/c1-26-17(23)15(8-10-3-2-4-12(7-10)21(24)25)20-16(22)13-9-11(18)5-6-14(13)19/h2-7,9,15H,8H2,1H3,(H,20,22). The summed E-state index contributed by atoms with van der Waals surface area (Å²) in [7, 11) is 1.18. The van der Waals surface area contributed by atoms with E-state index in [0.717, 1.165) is 0 Å². The van der Waals surface area contributed by atoms with Crippen molar-refractivity contribution in [1.29, 1.82) is 0 Å². The smallest absolute Gasteiger partial charge is 0.328 e. The average Bonchev–Trinajstić information content (AvgIpc) is 2.62. The summed E-state index contributed by atoms with van der Waals surface area (Å²) in [5.41, 5.74) is 0.481. The van der Waals surface area contributed by atoms with Gasteiger partial charge in [0.25, 0.3) is 11.6 Å². The van der Waals surface area contributed by atoms with Crippen molar-refractivity contribution in [2.75, 3.05) is 7.11 Å². The number of hydrogen-bond donors (Lipinski definition) is 1. The number of ether oxygens (including phenoxy) is 1. The Morgan fingerprint density at radius 2 is 1.96 bits per heavy atom. The molecule has 0 fully saturated rings. The molecule has 2 rings (SSSR count). The average molecular weight is 397 g/mol. The van der Waals surface area contributed by atoms with Crippen LogP contribution >= 0.6 is 23.2 Å². The van der Waals surface area contributed by atoms with Gasteiger partial charge in [0.05, 0.1) is 22.6 Å². The summed E-state index contributed by atoms with van der Waals surface area (Å²) in [5, 5.41) is 13.9. The molecule has 0 saturated carbocycles. The molecule has 1 unspecified atom stereocenters. The van der Waals surface area contributed by atoms with E-state index in [1.165, 1.54) is 43.5 Å². The quantitative estimate of drug-likeness (QED) is 0.458. The van der Waals surface area contributed by atoms with E-state index in [0.29, 0.717) is 10.6 Å². The molecular weight excluding hydrogens is 383 g/mol. The molecule has 1 N–H and O–H groups in total. The van der Waals surface area contributed by atoms with Gasteiger partial charge in [0.2, 0.25) is 0 Å². The molecule has 0 aliphatic carbocycles. The molecular formula is C17H14Cl2N2O5. The fourth-order valence-corrected chi connectivity index (χ4v) is 2.65. The van der Waals surface area contributed by atoms with Crippen molar-refractivity contribution < 1.29 is 19.2 Å². The molecule has 2 aromatic rings. The minimum Gasteiger partial charge on any atom is -0.467 e. The van der Waals surface area contributed by atoms with Gasteiger partial charge < -0.3 is 10.1 Å². The second-order valence-corrected chi connectivity index (χ2v) is 6.15. The third-order valence-electron chi connectivity index (χ3n) is 3.53. The zero-order valence-electron chi connectivity index (χ0n) is 13.6. The molecule has 2 aromatic carbocycles. The second kappa shape index (κ2) is 8.64. The van der Waals surface area contributed by atoms with E-state index in [9.17, 15) is 19.7 Å². The molecule has 1 atom stereocenters. The van der Waals surface area contributed by atoms with Crippen molar-refractivity contribution in [3.05, 3.63) is 73.8 Å².